The summed E-state index contributed by atoms with van der Waals surface area (Å²) in [6.45, 7) is 1.92. The van der Waals surface area contributed by atoms with Gasteiger partial charge in [-0.2, -0.15) is 5.10 Å². The van der Waals surface area contributed by atoms with Crippen LogP contribution in [-0.2, 0) is 16.1 Å². The van der Waals surface area contributed by atoms with Crippen LogP contribution in [0.15, 0.2) is 12.4 Å². The van der Waals surface area contributed by atoms with Crippen molar-refractivity contribution in [2.45, 2.75) is 50.7 Å². The SMILES string of the molecule is CC(N)(C(=O)Nc1cnn(CC(=O)NC2CC2)c1)C1CC1. The van der Waals surface area contributed by atoms with Gasteiger partial charge in [-0.05, 0) is 38.5 Å². The van der Waals surface area contributed by atoms with Crippen LogP contribution >= 0.6 is 0 Å². The number of carbonyl (C=O) groups excluding carboxylic acids is 2. The molecule has 0 bridgehead atoms. The Kier molecular flexibility index (Phi) is 3.44. The third-order valence-electron chi connectivity index (χ3n) is 4.05. The molecule has 0 spiro atoms. The van der Waals surface area contributed by atoms with Crippen LogP contribution < -0.4 is 16.4 Å². The van der Waals surface area contributed by atoms with E-state index in [0.717, 1.165) is 25.7 Å². The minimum atomic E-state index is -0.842. The van der Waals surface area contributed by atoms with Crippen LogP contribution in [0, 0.1) is 5.92 Å². The molecule has 1 aromatic heterocycles. The highest BCUT2D eigenvalue weighted by Crippen LogP contribution is 2.38. The Labute approximate surface area is 123 Å². The van der Waals surface area contributed by atoms with Crippen molar-refractivity contribution in [3.05, 3.63) is 12.4 Å². The van der Waals surface area contributed by atoms with Gasteiger partial charge in [0, 0.05) is 12.2 Å². The monoisotopic (exact) mass is 291 g/mol. The van der Waals surface area contributed by atoms with Crippen LogP contribution in [-0.4, -0.2) is 33.2 Å². The van der Waals surface area contributed by atoms with Crippen molar-refractivity contribution >= 4 is 17.5 Å². The molecule has 0 aliphatic heterocycles. The lowest BCUT2D eigenvalue weighted by molar-refractivity contribution is -0.122. The maximum absolute atomic E-state index is 12.1. The molecule has 1 unspecified atom stereocenters. The van der Waals surface area contributed by atoms with E-state index in [1.807, 2.05) is 0 Å². The summed E-state index contributed by atoms with van der Waals surface area (Å²) in [6.07, 6.45) is 7.30. The fourth-order valence-corrected chi connectivity index (χ4v) is 2.30. The van der Waals surface area contributed by atoms with Gasteiger partial charge in [0.15, 0.2) is 0 Å². The Hall–Kier alpha value is -1.89. The highest BCUT2D eigenvalue weighted by atomic mass is 16.2. The smallest absolute Gasteiger partial charge is 0.244 e. The Morgan fingerprint density at radius 2 is 2.14 bits per heavy atom. The highest BCUT2D eigenvalue weighted by molar-refractivity contribution is 5.98. The second kappa shape index (κ2) is 5.14. The van der Waals surface area contributed by atoms with Crippen molar-refractivity contribution in [1.29, 1.82) is 0 Å². The van der Waals surface area contributed by atoms with Crippen molar-refractivity contribution in [2.75, 3.05) is 5.32 Å². The van der Waals surface area contributed by atoms with Gasteiger partial charge in [0.1, 0.15) is 6.54 Å². The highest BCUT2D eigenvalue weighted by Gasteiger charge is 2.44. The summed E-state index contributed by atoms with van der Waals surface area (Å²) >= 11 is 0. The molecular weight excluding hydrogens is 270 g/mol. The lowest BCUT2D eigenvalue weighted by Gasteiger charge is -2.22. The van der Waals surface area contributed by atoms with E-state index in [0.29, 0.717) is 11.7 Å². The second-order valence-electron chi connectivity index (χ2n) is 6.28. The quantitative estimate of drug-likeness (QED) is 0.698. The summed E-state index contributed by atoms with van der Waals surface area (Å²) in [7, 11) is 0. The van der Waals surface area contributed by atoms with Crippen LogP contribution in [0.1, 0.15) is 32.6 Å². The summed E-state index contributed by atoms with van der Waals surface area (Å²) < 4.78 is 1.51. The van der Waals surface area contributed by atoms with E-state index in [1.165, 1.54) is 10.9 Å². The number of rotatable bonds is 6. The predicted octanol–water partition coefficient (Wildman–Crippen LogP) is 0.228. The molecule has 2 fully saturated rings. The molecule has 0 radical (unpaired) electrons. The van der Waals surface area contributed by atoms with Gasteiger partial charge in [-0.1, -0.05) is 0 Å². The van der Waals surface area contributed by atoms with Crippen molar-refractivity contribution in [2.24, 2.45) is 11.7 Å². The molecule has 0 aromatic carbocycles. The van der Waals surface area contributed by atoms with Crippen molar-refractivity contribution in [1.82, 2.24) is 15.1 Å². The Bertz CT molecular complexity index is 557. The van der Waals surface area contributed by atoms with Gasteiger partial charge in [-0.25, -0.2) is 0 Å². The summed E-state index contributed by atoms with van der Waals surface area (Å²) in [5.74, 6) is 0.00367. The number of nitrogens with zero attached hydrogens (tertiary/aromatic N) is 2. The van der Waals surface area contributed by atoms with Crippen LogP contribution in [0.2, 0.25) is 0 Å². The Balaban J connectivity index is 1.54. The maximum Gasteiger partial charge on any atom is 0.244 e. The van der Waals surface area contributed by atoms with Gasteiger partial charge < -0.3 is 16.4 Å². The van der Waals surface area contributed by atoms with Gasteiger partial charge in [0.2, 0.25) is 11.8 Å². The first-order valence-electron chi connectivity index (χ1n) is 7.37. The first-order valence-corrected chi connectivity index (χ1v) is 7.37. The van der Waals surface area contributed by atoms with Crippen molar-refractivity contribution in [3.8, 4) is 0 Å². The Morgan fingerprint density at radius 3 is 2.76 bits per heavy atom. The molecule has 1 heterocycles. The topological polar surface area (TPSA) is 102 Å². The van der Waals surface area contributed by atoms with E-state index in [4.69, 9.17) is 5.73 Å². The summed E-state index contributed by atoms with van der Waals surface area (Å²) in [6, 6.07) is 0.337. The molecule has 1 aromatic rings. The van der Waals surface area contributed by atoms with Gasteiger partial charge in [-0.15, -0.1) is 0 Å². The van der Waals surface area contributed by atoms with Gasteiger partial charge in [0.25, 0.3) is 0 Å². The zero-order valence-electron chi connectivity index (χ0n) is 12.1. The molecule has 2 aliphatic rings. The third-order valence-corrected chi connectivity index (χ3v) is 4.05. The molecule has 7 nitrogen and oxygen atoms in total. The molecule has 2 saturated carbocycles. The van der Waals surface area contributed by atoms with E-state index in [9.17, 15) is 9.59 Å². The summed E-state index contributed by atoms with van der Waals surface area (Å²) in [4.78, 5) is 23.8. The standard InChI is InChI=1S/C14H21N5O2/c1-14(15,9-2-3-9)13(21)18-11-6-16-19(7-11)8-12(20)17-10-4-5-10/h6-7,9-10H,2-5,8,15H2,1H3,(H,17,20)(H,18,21). The van der Waals surface area contributed by atoms with E-state index < -0.39 is 5.54 Å². The van der Waals surface area contributed by atoms with E-state index >= 15 is 0 Å². The molecule has 21 heavy (non-hydrogen) atoms. The molecule has 0 saturated heterocycles. The molecule has 114 valence electrons. The number of carbonyl (C=O) groups is 2. The number of nitrogens with two attached hydrogens (primary N) is 1. The zero-order valence-corrected chi connectivity index (χ0v) is 12.1. The molecular formula is C14H21N5O2. The van der Waals surface area contributed by atoms with E-state index in [-0.39, 0.29) is 24.3 Å². The second-order valence-corrected chi connectivity index (χ2v) is 6.28. The normalized spacial score (nSPS) is 20.7. The van der Waals surface area contributed by atoms with Gasteiger partial charge in [-0.3, -0.25) is 14.3 Å². The lowest BCUT2D eigenvalue weighted by Crippen LogP contribution is -2.50. The zero-order chi connectivity index (χ0) is 15.0. The Morgan fingerprint density at radius 1 is 1.43 bits per heavy atom. The van der Waals surface area contributed by atoms with Gasteiger partial charge in [0.05, 0.1) is 17.4 Å². The molecule has 3 rings (SSSR count). The van der Waals surface area contributed by atoms with Crippen molar-refractivity contribution in [3.63, 3.8) is 0 Å². The summed E-state index contributed by atoms with van der Waals surface area (Å²) in [5, 5.41) is 9.74. The average molecular weight is 291 g/mol. The number of nitrogens with one attached hydrogen (secondary N) is 2. The molecule has 7 heteroatoms. The fraction of sp³-hybridized carbons (Fsp3) is 0.643. The van der Waals surface area contributed by atoms with Crippen LogP contribution in [0.25, 0.3) is 0 Å². The lowest BCUT2D eigenvalue weighted by atomic mass is 9.96. The molecule has 2 amide bonds. The van der Waals surface area contributed by atoms with Crippen LogP contribution in [0.3, 0.4) is 0 Å². The maximum atomic E-state index is 12.1. The van der Waals surface area contributed by atoms with Gasteiger partial charge >= 0.3 is 0 Å². The average Bonchev–Trinajstić information content (AvgIpc) is 3.30. The molecule has 2 aliphatic carbocycles. The largest absolute Gasteiger partial charge is 0.352 e. The molecule has 1 atom stereocenters. The predicted molar refractivity (Wildman–Crippen MR) is 77.3 cm³/mol. The number of hydrogen-bond donors (Lipinski definition) is 3. The number of hydrogen-bond acceptors (Lipinski definition) is 4. The van der Waals surface area contributed by atoms with E-state index in [1.54, 1.807) is 13.1 Å². The first kappa shape index (κ1) is 14.1. The number of aromatic nitrogens is 2. The van der Waals surface area contributed by atoms with Crippen LogP contribution in [0.5, 0.6) is 0 Å². The number of anilines is 1. The van der Waals surface area contributed by atoms with Crippen LogP contribution in [0.4, 0.5) is 5.69 Å². The fourth-order valence-electron chi connectivity index (χ4n) is 2.30. The minimum absolute atomic E-state index is 0.0554. The third kappa shape index (κ3) is 3.41. The number of amides is 2. The summed E-state index contributed by atoms with van der Waals surface area (Å²) in [5.41, 5.74) is 5.78. The first-order chi connectivity index (χ1) is 9.95. The molecule has 4 N–H and O–H groups in total. The van der Waals surface area contributed by atoms with E-state index in [2.05, 4.69) is 15.7 Å². The minimum Gasteiger partial charge on any atom is -0.352 e. The van der Waals surface area contributed by atoms with Crippen molar-refractivity contribution < 1.29 is 9.59 Å².